The molecule has 25 heavy (non-hydrogen) atoms. The Balaban J connectivity index is 1.63. The van der Waals surface area contributed by atoms with Gasteiger partial charge >= 0.3 is 6.09 Å². The number of rotatable bonds is 5. The normalized spacial score (nSPS) is 19.8. The molecule has 132 valence electrons. The molecule has 1 atom stereocenters. The largest absolute Gasteiger partial charge is 0.442 e. The van der Waals surface area contributed by atoms with Gasteiger partial charge in [0.05, 0.1) is 19.6 Å². The fourth-order valence-electron chi connectivity index (χ4n) is 2.65. The average molecular weight is 345 g/mol. The van der Waals surface area contributed by atoms with Crippen LogP contribution >= 0.6 is 0 Å². The first-order valence-electron chi connectivity index (χ1n) is 7.92. The van der Waals surface area contributed by atoms with Crippen LogP contribution in [0.25, 0.3) is 0 Å². The van der Waals surface area contributed by atoms with Crippen LogP contribution in [0.1, 0.15) is 6.92 Å². The maximum absolute atomic E-state index is 12.0. The fraction of sp³-hybridized carbons (Fsp3) is 0.375. The van der Waals surface area contributed by atoms with E-state index < -0.39 is 6.09 Å². The summed E-state index contributed by atoms with van der Waals surface area (Å²) in [6.07, 6.45) is 1.50. The lowest BCUT2D eigenvalue weighted by molar-refractivity contribution is -0.119. The van der Waals surface area contributed by atoms with Crippen molar-refractivity contribution < 1.29 is 19.1 Å². The highest BCUT2D eigenvalue weighted by Crippen LogP contribution is 2.25. The fourth-order valence-corrected chi connectivity index (χ4v) is 2.65. The van der Waals surface area contributed by atoms with Gasteiger partial charge in [-0.05, 0) is 24.3 Å². The highest BCUT2D eigenvalue weighted by molar-refractivity contribution is 5.90. The number of amides is 3. The van der Waals surface area contributed by atoms with Crippen LogP contribution in [0.15, 0.2) is 29.4 Å². The lowest BCUT2D eigenvalue weighted by atomic mass is 10.2. The molecule has 2 aliphatic rings. The van der Waals surface area contributed by atoms with Gasteiger partial charge < -0.3 is 15.0 Å². The van der Waals surface area contributed by atoms with Crippen LogP contribution < -0.4 is 15.1 Å². The van der Waals surface area contributed by atoms with Gasteiger partial charge in [-0.2, -0.15) is 5.10 Å². The van der Waals surface area contributed by atoms with E-state index in [1.807, 2.05) is 29.2 Å². The second-order valence-corrected chi connectivity index (χ2v) is 5.76. The van der Waals surface area contributed by atoms with Crippen molar-refractivity contribution in [3.63, 3.8) is 0 Å². The van der Waals surface area contributed by atoms with Gasteiger partial charge in [0.15, 0.2) is 0 Å². The van der Waals surface area contributed by atoms with Crippen LogP contribution in [0.2, 0.25) is 0 Å². The maximum atomic E-state index is 12.0. The van der Waals surface area contributed by atoms with E-state index in [-0.39, 0.29) is 12.0 Å². The third-order valence-corrected chi connectivity index (χ3v) is 3.98. The van der Waals surface area contributed by atoms with Gasteiger partial charge in [0, 0.05) is 24.8 Å². The SMILES string of the molecule is CC(=O)NC[C@H]1CN(c2ccc(N3C=NN(C=O)CC3)cc2)C(=O)O1. The topological polar surface area (TPSA) is 94.5 Å². The summed E-state index contributed by atoms with van der Waals surface area (Å²) in [6.45, 7) is 3.27. The van der Waals surface area contributed by atoms with E-state index in [1.165, 1.54) is 16.8 Å². The van der Waals surface area contributed by atoms with Crippen molar-refractivity contribution in [2.24, 2.45) is 5.10 Å². The van der Waals surface area contributed by atoms with Crippen molar-refractivity contribution in [2.45, 2.75) is 13.0 Å². The lowest BCUT2D eigenvalue weighted by Crippen LogP contribution is -2.37. The number of hydrazone groups is 1. The number of anilines is 2. The first kappa shape index (κ1) is 16.7. The zero-order valence-electron chi connectivity index (χ0n) is 13.8. The van der Waals surface area contributed by atoms with Crippen molar-refractivity contribution in [1.82, 2.24) is 10.3 Å². The van der Waals surface area contributed by atoms with Crippen LogP contribution in [0.5, 0.6) is 0 Å². The number of nitrogens with zero attached hydrogens (tertiary/aromatic N) is 4. The summed E-state index contributed by atoms with van der Waals surface area (Å²) in [4.78, 5) is 37.1. The third-order valence-electron chi connectivity index (χ3n) is 3.98. The Morgan fingerprint density at radius 3 is 2.64 bits per heavy atom. The van der Waals surface area contributed by atoms with Crippen molar-refractivity contribution in [3.8, 4) is 0 Å². The highest BCUT2D eigenvalue weighted by Gasteiger charge is 2.32. The number of hydrogen-bond donors (Lipinski definition) is 1. The standard InChI is InChI=1S/C16H19N5O4/c1-12(23)17-8-15-9-21(16(24)25-15)14-4-2-13(3-5-14)19-6-7-20(11-22)18-10-19/h2-5,10-11,15H,6-9H2,1H3,(H,17,23)/t15-/m0/s1. The van der Waals surface area contributed by atoms with Crippen LogP contribution in [0.3, 0.4) is 0 Å². The quantitative estimate of drug-likeness (QED) is 0.778. The monoisotopic (exact) mass is 345 g/mol. The molecule has 0 aromatic heterocycles. The summed E-state index contributed by atoms with van der Waals surface area (Å²) < 4.78 is 5.25. The summed E-state index contributed by atoms with van der Waals surface area (Å²) in [5.41, 5.74) is 1.64. The molecule has 1 fully saturated rings. The molecule has 0 unspecified atom stereocenters. The van der Waals surface area contributed by atoms with E-state index in [2.05, 4.69) is 10.4 Å². The molecule has 0 bridgehead atoms. The third kappa shape index (κ3) is 3.87. The Morgan fingerprint density at radius 1 is 1.32 bits per heavy atom. The van der Waals surface area contributed by atoms with E-state index in [9.17, 15) is 14.4 Å². The van der Waals surface area contributed by atoms with Crippen LogP contribution in [0.4, 0.5) is 16.2 Å². The predicted octanol–water partition coefficient (Wildman–Crippen LogP) is 0.370. The second kappa shape index (κ2) is 7.20. The van der Waals surface area contributed by atoms with Crippen LogP contribution in [-0.2, 0) is 14.3 Å². The molecule has 1 aromatic carbocycles. The predicted molar refractivity (Wildman–Crippen MR) is 91.3 cm³/mol. The maximum Gasteiger partial charge on any atom is 0.414 e. The molecule has 9 heteroatoms. The Labute approximate surface area is 144 Å². The molecule has 3 amide bonds. The molecule has 3 rings (SSSR count). The summed E-state index contributed by atoms with van der Waals surface area (Å²) in [5, 5.41) is 7.99. The molecule has 0 spiro atoms. The van der Waals surface area contributed by atoms with E-state index >= 15 is 0 Å². The van der Waals surface area contributed by atoms with Gasteiger partial charge in [0.1, 0.15) is 12.4 Å². The zero-order chi connectivity index (χ0) is 17.8. The van der Waals surface area contributed by atoms with Gasteiger partial charge in [-0.15, -0.1) is 0 Å². The van der Waals surface area contributed by atoms with E-state index in [4.69, 9.17) is 4.74 Å². The smallest absolute Gasteiger partial charge is 0.414 e. The highest BCUT2D eigenvalue weighted by atomic mass is 16.6. The molecule has 1 aromatic rings. The van der Waals surface area contributed by atoms with Crippen molar-refractivity contribution in [1.29, 1.82) is 0 Å². The molecule has 1 saturated heterocycles. The number of nitrogens with one attached hydrogen (secondary N) is 1. The van der Waals surface area contributed by atoms with Crippen LogP contribution in [-0.4, -0.2) is 62.0 Å². The van der Waals surface area contributed by atoms with Gasteiger partial charge in [-0.1, -0.05) is 0 Å². The van der Waals surface area contributed by atoms with Gasteiger partial charge in [-0.25, -0.2) is 9.80 Å². The number of benzene rings is 1. The van der Waals surface area contributed by atoms with Crippen molar-refractivity contribution >= 4 is 36.1 Å². The van der Waals surface area contributed by atoms with Crippen molar-refractivity contribution in [2.75, 3.05) is 36.0 Å². The Bertz CT molecular complexity index is 690. The molecule has 0 aliphatic carbocycles. The number of cyclic esters (lactones) is 1. The summed E-state index contributed by atoms with van der Waals surface area (Å²) in [5.74, 6) is -0.157. The van der Waals surface area contributed by atoms with Gasteiger partial charge in [0.2, 0.25) is 12.3 Å². The van der Waals surface area contributed by atoms with Crippen LogP contribution in [0, 0.1) is 0 Å². The molecule has 2 aliphatic heterocycles. The van der Waals surface area contributed by atoms with Gasteiger partial charge in [0.25, 0.3) is 0 Å². The molecule has 2 heterocycles. The molecular formula is C16H19N5O4. The molecule has 9 nitrogen and oxygen atoms in total. The van der Waals surface area contributed by atoms with Gasteiger partial charge in [-0.3, -0.25) is 14.5 Å². The zero-order valence-corrected chi connectivity index (χ0v) is 13.8. The molecule has 1 N–H and O–H groups in total. The number of hydrogen-bond acceptors (Lipinski definition) is 6. The van der Waals surface area contributed by atoms with E-state index in [0.717, 1.165) is 11.4 Å². The summed E-state index contributed by atoms with van der Waals surface area (Å²) in [6, 6.07) is 7.42. The van der Waals surface area contributed by atoms with E-state index in [0.29, 0.717) is 32.6 Å². The first-order valence-corrected chi connectivity index (χ1v) is 7.92. The minimum Gasteiger partial charge on any atom is -0.442 e. The molecular weight excluding hydrogens is 326 g/mol. The average Bonchev–Trinajstić information content (AvgIpc) is 3.01. The van der Waals surface area contributed by atoms with Crippen molar-refractivity contribution in [3.05, 3.63) is 24.3 Å². The first-order chi connectivity index (χ1) is 12.1. The number of ether oxygens (including phenoxy) is 1. The minimum absolute atomic E-state index is 0.157. The lowest BCUT2D eigenvalue weighted by Gasteiger charge is -2.26. The van der Waals surface area contributed by atoms with E-state index in [1.54, 1.807) is 6.34 Å². The Morgan fingerprint density at radius 2 is 2.04 bits per heavy atom. The molecule has 0 saturated carbocycles. The minimum atomic E-state index is -0.427. The number of carbonyl (C=O) groups excluding carboxylic acids is 3. The summed E-state index contributed by atoms with van der Waals surface area (Å²) in [7, 11) is 0. The Hall–Kier alpha value is -3.10. The Kier molecular flexibility index (Phi) is 4.82. The number of carbonyl (C=O) groups is 3. The molecule has 0 radical (unpaired) electrons. The second-order valence-electron chi connectivity index (χ2n) is 5.76. The summed E-state index contributed by atoms with van der Waals surface area (Å²) >= 11 is 0.